The number of hydrogen-bond donors (Lipinski definition) is 1. The van der Waals surface area contributed by atoms with Crippen molar-refractivity contribution < 1.29 is 4.74 Å². The lowest BCUT2D eigenvalue weighted by Crippen LogP contribution is -2.24. The van der Waals surface area contributed by atoms with Crippen LogP contribution in [0.1, 0.15) is 39.2 Å². The fraction of sp³-hybridized carbons (Fsp3) is 0.400. The second-order valence-electron chi connectivity index (χ2n) is 6.96. The second-order valence-corrected chi connectivity index (χ2v) is 6.96. The molecule has 2 atom stereocenters. The van der Waals surface area contributed by atoms with Gasteiger partial charge < -0.3 is 4.74 Å². The van der Waals surface area contributed by atoms with Crippen LogP contribution in [0.25, 0.3) is 15.7 Å². The number of aromatic amines is 1. The zero-order chi connectivity index (χ0) is 18.8. The summed E-state index contributed by atoms with van der Waals surface area (Å²) in [6, 6.07) is 8.16. The Morgan fingerprint density at radius 3 is 2.81 bits per heavy atom. The zero-order valence-electron chi connectivity index (χ0n) is 15.4. The van der Waals surface area contributed by atoms with Crippen LogP contribution in [0.4, 0.5) is 0 Å². The Morgan fingerprint density at radius 2 is 2.15 bits per heavy atom. The molecular weight excluding hydrogens is 326 g/mol. The van der Waals surface area contributed by atoms with Gasteiger partial charge in [-0.25, -0.2) is 4.85 Å². The van der Waals surface area contributed by atoms with Crippen molar-refractivity contribution in [2.45, 2.75) is 33.6 Å². The van der Waals surface area contributed by atoms with Gasteiger partial charge in [-0.15, -0.1) is 5.10 Å². The van der Waals surface area contributed by atoms with E-state index in [0.717, 1.165) is 22.2 Å². The van der Waals surface area contributed by atoms with Gasteiger partial charge >= 0.3 is 0 Å². The van der Waals surface area contributed by atoms with E-state index in [-0.39, 0.29) is 5.92 Å². The van der Waals surface area contributed by atoms with Crippen LogP contribution in [0.5, 0.6) is 5.88 Å². The molecule has 2 unspecified atom stereocenters. The van der Waals surface area contributed by atoms with Gasteiger partial charge in [0.25, 0.3) is 0 Å². The van der Waals surface area contributed by atoms with E-state index in [4.69, 9.17) is 11.3 Å². The molecule has 0 saturated heterocycles. The van der Waals surface area contributed by atoms with E-state index in [1.165, 1.54) is 0 Å². The van der Waals surface area contributed by atoms with Crippen molar-refractivity contribution in [2.75, 3.05) is 6.61 Å². The van der Waals surface area contributed by atoms with Crippen LogP contribution in [0.2, 0.25) is 0 Å². The molecule has 3 rings (SSSR count). The van der Waals surface area contributed by atoms with Crippen molar-refractivity contribution in [3.8, 4) is 11.9 Å². The van der Waals surface area contributed by atoms with Crippen LogP contribution in [0.3, 0.4) is 0 Å². The number of H-pyrrole nitrogens is 1. The third kappa shape index (κ3) is 3.07. The number of allylic oxidation sites excluding steroid dienone is 2. The number of aliphatic imine (C=N–C) groups is 1. The first kappa shape index (κ1) is 17.7. The number of nitriles is 1. The molecule has 1 aliphatic heterocycles. The highest BCUT2D eigenvalue weighted by atomic mass is 16.5. The van der Waals surface area contributed by atoms with Gasteiger partial charge in [-0.1, -0.05) is 19.9 Å². The van der Waals surface area contributed by atoms with Gasteiger partial charge in [-0.2, -0.15) is 5.26 Å². The lowest BCUT2D eigenvalue weighted by Gasteiger charge is -2.26. The first-order valence-corrected chi connectivity index (χ1v) is 8.60. The van der Waals surface area contributed by atoms with Crippen molar-refractivity contribution in [3.05, 3.63) is 46.6 Å². The van der Waals surface area contributed by atoms with Gasteiger partial charge in [-0.3, -0.25) is 10.1 Å². The SMILES string of the molecule is [C-]#[N+]C1=C(C)N=C(C)C(C#N)C1c1ccc2[nH]nc(OCC(C)C)c2c1. The molecule has 0 amide bonds. The quantitative estimate of drug-likeness (QED) is 0.830. The van der Waals surface area contributed by atoms with Gasteiger partial charge in [0.05, 0.1) is 36.1 Å². The predicted octanol–water partition coefficient (Wildman–Crippen LogP) is 4.45. The summed E-state index contributed by atoms with van der Waals surface area (Å²) in [4.78, 5) is 8.08. The average Bonchev–Trinajstić information content (AvgIpc) is 3.01. The normalized spacial score (nSPS) is 20.0. The summed E-state index contributed by atoms with van der Waals surface area (Å²) in [5, 5.41) is 17.8. The summed E-state index contributed by atoms with van der Waals surface area (Å²) < 4.78 is 5.81. The summed E-state index contributed by atoms with van der Waals surface area (Å²) in [7, 11) is 0. The third-order valence-electron chi connectivity index (χ3n) is 4.52. The maximum absolute atomic E-state index is 9.67. The van der Waals surface area contributed by atoms with Crippen LogP contribution in [-0.2, 0) is 0 Å². The standard InChI is InChI=1S/C20H21N5O/c1-11(2)10-26-20-15-8-14(6-7-17(15)24-25-20)18-16(9-21)12(3)23-13(4)19(18)22-5/h6-8,11,16,18H,10H2,1-4H3,(H,24,25). The maximum atomic E-state index is 9.67. The van der Waals surface area contributed by atoms with Crippen LogP contribution in [0.15, 0.2) is 34.6 Å². The molecule has 1 N–H and O–H groups in total. The molecule has 0 radical (unpaired) electrons. The molecule has 0 aliphatic carbocycles. The van der Waals surface area contributed by atoms with Gasteiger partial charge in [0.2, 0.25) is 5.88 Å². The molecule has 26 heavy (non-hydrogen) atoms. The number of nitrogens with zero attached hydrogens (tertiary/aromatic N) is 4. The highest BCUT2D eigenvalue weighted by Gasteiger charge is 2.34. The summed E-state index contributed by atoms with van der Waals surface area (Å²) in [6.45, 7) is 16.0. The van der Waals surface area contributed by atoms with Gasteiger partial charge in [-0.05, 0) is 37.5 Å². The van der Waals surface area contributed by atoms with Gasteiger partial charge in [0.1, 0.15) is 0 Å². The number of benzene rings is 1. The van der Waals surface area contributed by atoms with Crippen LogP contribution in [-0.4, -0.2) is 22.5 Å². The zero-order valence-corrected chi connectivity index (χ0v) is 15.4. The Balaban J connectivity index is 2.09. The third-order valence-corrected chi connectivity index (χ3v) is 4.52. The van der Waals surface area contributed by atoms with E-state index in [2.05, 4.69) is 40.0 Å². The molecule has 6 heteroatoms. The van der Waals surface area contributed by atoms with Crippen LogP contribution in [0, 0.1) is 29.7 Å². The smallest absolute Gasteiger partial charge is 0.240 e. The van der Waals surface area contributed by atoms with E-state index in [1.54, 1.807) is 0 Å². The first-order chi connectivity index (χ1) is 12.5. The van der Waals surface area contributed by atoms with Crippen molar-refractivity contribution in [3.63, 3.8) is 0 Å². The van der Waals surface area contributed by atoms with E-state index in [0.29, 0.717) is 29.8 Å². The van der Waals surface area contributed by atoms with Crippen LogP contribution < -0.4 is 4.74 Å². The highest BCUT2D eigenvalue weighted by Crippen LogP contribution is 2.40. The van der Waals surface area contributed by atoms with E-state index < -0.39 is 5.92 Å². The fourth-order valence-corrected chi connectivity index (χ4v) is 3.24. The monoisotopic (exact) mass is 347 g/mol. The summed E-state index contributed by atoms with van der Waals surface area (Å²) in [5.41, 5.74) is 3.71. The molecular formula is C20H21N5O. The largest absolute Gasteiger partial charge is 0.476 e. The Morgan fingerprint density at radius 1 is 1.38 bits per heavy atom. The second kappa shape index (κ2) is 7.01. The summed E-state index contributed by atoms with van der Waals surface area (Å²) in [6.07, 6.45) is 0. The predicted molar refractivity (Wildman–Crippen MR) is 101 cm³/mol. The lowest BCUT2D eigenvalue weighted by atomic mass is 9.79. The minimum atomic E-state index is -0.452. The molecule has 1 aliphatic rings. The number of hydrogen-bond acceptors (Lipinski definition) is 4. The average molecular weight is 347 g/mol. The molecule has 0 saturated carbocycles. The maximum Gasteiger partial charge on any atom is 0.240 e. The van der Waals surface area contributed by atoms with Gasteiger partial charge in [0, 0.05) is 17.3 Å². The molecule has 2 aromatic rings. The number of ether oxygens (including phenoxy) is 1. The van der Waals surface area contributed by atoms with E-state index >= 15 is 0 Å². The van der Waals surface area contributed by atoms with Crippen molar-refractivity contribution in [1.82, 2.24) is 10.2 Å². The molecule has 6 nitrogen and oxygen atoms in total. The van der Waals surface area contributed by atoms with Gasteiger partial charge in [0.15, 0.2) is 5.70 Å². The molecule has 0 fully saturated rings. The van der Waals surface area contributed by atoms with Crippen LogP contribution >= 0.6 is 0 Å². The molecule has 1 aromatic carbocycles. The van der Waals surface area contributed by atoms with Crippen molar-refractivity contribution in [1.29, 1.82) is 5.26 Å². The topological polar surface area (TPSA) is 78.4 Å². The number of rotatable bonds is 4. The lowest BCUT2D eigenvalue weighted by molar-refractivity contribution is 0.264. The summed E-state index contributed by atoms with van der Waals surface area (Å²) in [5.74, 6) is 0.166. The first-order valence-electron chi connectivity index (χ1n) is 8.60. The van der Waals surface area contributed by atoms with E-state index in [1.807, 2.05) is 32.0 Å². The minimum absolute atomic E-state index is 0.327. The Bertz CT molecular complexity index is 984. The summed E-state index contributed by atoms with van der Waals surface area (Å²) >= 11 is 0. The number of fused-ring (bicyclic) bond motifs is 1. The van der Waals surface area contributed by atoms with E-state index in [9.17, 15) is 5.26 Å². The van der Waals surface area contributed by atoms with Crippen molar-refractivity contribution >= 4 is 16.6 Å². The Kier molecular flexibility index (Phi) is 4.77. The minimum Gasteiger partial charge on any atom is -0.476 e. The fourth-order valence-electron chi connectivity index (χ4n) is 3.24. The molecule has 132 valence electrons. The van der Waals surface area contributed by atoms with Crippen molar-refractivity contribution in [2.24, 2.45) is 16.8 Å². The Hall–Kier alpha value is -3.12. The Labute approximate surface area is 153 Å². The highest BCUT2D eigenvalue weighted by molar-refractivity contribution is 5.91. The molecule has 1 aromatic heterocycles. The molecule has 0 bridgehead atoms. The number of aromatic nitrogens is 2. The molecule has 0 spiro atoms. The number of nitrogens with one attached hydrogen (secondary N) is 1. The molecule has 2 heterocycles.